The van der Waals surface area contributed by atoms with Gasteiger partial charge in [-0.1, -0.05) is 23.7 Å². The highest BCUT2D eigenvalue weighted by molar-refractivity contribution is 6.30. The van der Waals surface area contributed by atoms with Crippen molar-refractivity contribution < 1.29 is 4.74 Å². The van der Waals surface area contributed by atoms with E-state index in [4.69, 9.17) is 16.3 Å². The number of aromatic nitrogens is 4. The van der Waals surface area contributed by atoms with Gasteiger partial charge in [-0.05, 0) is 42.0 Å². The van der Waals surface area contributed by atoms with Crippen LogP contribution in [0.3, 0.4) is 0 Å². The Bertz CT molecular complexity index is 1420. The molecule has 0 radical (unpaired) electrons. The first kappa shape index (κ1) is 19.2. The summed E-state index contributed by atoms with van der Waals surface area (Å²) < 4.78 is 8.53. The molecule has 0 fully saturated rings. The van der Waals surface area contributed by atoms with Gasteiger partial charge in [0, 0.05) is 30.6 Å². The van der Waals surface area contributed by atoms with E-state index in [1.54, 1.807) is 37.5 Å². The van der Waals surface area contributed by atoms with E-state index in [1.165, 1.54) is 11.6 Å². The van der Waals surface area contributed by atoms with Crippen molar-refractivity contribution in [2.75, 3.05) is 5.32 Å². The molecule has 0 saturated carbocycles. The summed E-state index contributed by atoms with van der Waals surface area (Å²) >= 11 is 5.95. The summed E-state index contributed by atoms with van der Waals surface area (Å²) in [4.78, 5) is 25.6. The minimum absolute atomic E-state index is 0.355. The molecule has 0 aliphatic carbocycles. The highest BCUT2D eigenvalue weighted by Gasteiger charge is 2.34. The summed E-state index contributed by atoms with van der Waals surface area (Å²) in [6, 6.07) is 14.6. The third-order valence-corrected chi connectivity index (χ3v) is 5.70. The predicted octanol–water partition coefficient (Wildman–Crippen LogP) is 3.49. The lowest BCUT2D eigenvalue weighted by atomic mass is 9.85. The van der Waals surface area contributed by atoms with Gasteiger partial charge in [0.25, 0.3) is 5.56 Å². The number of nitrogens with one attached hydrogen (secondary N) is 2. The van der Waals surface area contributed by atoms with Crippen LogP contribution in [0.5, 0.6) is 11.5 Å². The molecule has 2 aromatic carbocycles. The Balaban J connectivity index is 1.66. The van der Waals surface area contributed by atoms with Crippen molar-refractivity contribution in [1.29, 1.82) is 0 Å². The van der Waals surface area contributed by atoms with E-state index < -0.39 is 11.6 Å². The molecule has 2 aromatic heterocycles. The van der Waals surface area contributed by atoms with Crippen LogP contribution in [0.1, 0.15) is 22.6 Å². The van der Waals surface area contributed by atoms with Crippen molar-refractivity contribution in [2.45, 2.75) is 5.92 Å². The summed E-state index contributed by atoms with van der Waals surface area (Å²) in [6.45, 7) is 0. The zero-order valence-corrected chi connectivity index (χ0v) is 17.5. The maximum absolute atomic E-state index is 13.1. The Kier molecular flexibility index (Phi) is 4.44. The molecule has 0 saturated heterocycles. The number of ether oxygens (including phenoxy) is 1. The van der Waals surface area contributed by atoms with Crippen LogP contribution in [-0.2, 0) is 14.1 Å². The SMILES string of the molecule is Cn1c2c(c(=O)n(C)c1=O)C(c1cccc(Oc3ccc(Cl)cc3)c1)c1cn[nH]c1N2. The van der Waals surface area contributed by atoms with Crippen LogP contribution >= 0.6 is 11.6 Å². The third kappa shape index (κ3) is 3.12. The Hall–Kier alpha value is -3.78. The zero-order chi connectivity index (χ0) is 21.7. The standard InChI is InChI=1S/C22H18ClN5O3/c1-27-20-18(21(29)28(2)22(27)30)17(16-11-24-26-19(16)25-20)12-4-3-5-15(10-12)31-14-8-6-13(23)7-9-14/h3-11,17H,1-2H3,(H2,24,25,26). The second kappa shape index (κ2) is 7.17. The van der Waals surface area contributed by atoms with Gasteiger partial charge in [0.15, 0.2) is 0 Å². The van der Waals surface area contributed by atoms with Crippen LogP contribution in [0.2, 0.25) is 5.02 Å². The van der Waals surface area contributed by atoms with Crippen molar-refractivity contribution in [2.24, 2.45) is 14.1 Å². The molecule has 1 unspecified atom stereocenters. The monoisotopic (exact) mass is 435 g/mol. The van der Waals surface area contributed by atoms with E-state index in [0.717, 1.165) is 15.7 Å². The Morgan fingerprint density at radius 3 is 2.58 bits per heavy atom. The molecule has 0 bridgehead atoms. The first-order valence-corrected chi connectivity index (χ1v) is 9.95. The van der Waals surface area contributed by atoms with E-state index in [0.29, 0.717) is 33.7 Å². The number of benzene rings is 2. The lowest BCUT2D eigenvalue weighted by molar-refractivity contribution is 0.482. The van der Waals surface area contributed by atoms with Crippen molar-refractivity contribution in [3.05, 3.63) is 97.3 Å². The lowest BCUT2D eigenvalue weighted by Crippen LogP contribution is -2.42. The van der Waals surface area contributed by atoms with Crippen molar-refractivity contribution in [3.63, 3.8) is 0 Å². The number of hydrogen-bond donors (Lipinski definition) is 2. The van der Waals surface area contributed by atoms with E-state index in [1.807, 2.05) is 24.3 Å². The molecule has 2 N–H and O–H groups in total. The maximum atomic E-state index is 13.1. The van der Waals surface area contributed by atoms with E-state index in [9.17, 15) is 9.59 Å². The smallest absolute Gasteiger partial charge is 0.332 e. The van der Waals surface area contributed by atoms with Gasteiger partial charge in [0.05, 0.1) is 11.8 Å². The number of halogens is 1. The van der Waals surface area contributed by atoms with Gasteiger partial charge in [0.2, 0.25) is 0 Å². The van der Waals surface area contributed by atoms with E-state index in [2.05, 4.69) is 15.5 Å². The molecule has 1 atom stereocenters. The van der Waals surface area contributed by atoms with Crippen LogP contribution in [0, 0.1) is 0 Å². The maximum Gasteiger partial charge on any atom is 0.332 e. The third-order valence-electron chi connectivity index (χ3n) is 5.45. The van der Waals surface area contributed by atoms with Crippen molar-refractivity contribution in [1.82, 2.24) is 19.3 Å². The fraction of sp³-hybridized carbons (Fsp3) is 0.136. The van der Waals surface area contributed by atoms with Gasteiger partial charge in [-0.3, -0.25) is 19.0 Å². The first-order chi connectivity index (χ1) is 14.9. The molecule has 0 spiro atoms. The largest absolute Gasteiger partial charge is 0.457 e. The average Bonchev–Trinajstić information content (AvgIpc) is 3.25. The second-order valence-electron chi connectivity index (χ2n) is 7.35. The van der Waals surface area contributed by atoms with Crippen LogP contribution in [0.4, 0.5) is 11.6 Å². The average molecular weight is 436 g/mol. The first-order valence-electron chi connectivity index (χ1n) is 9.57. The minimum atomic E-state index is -0.427. The summed E-state index contributed by atoms with van der Waals surface area (Å²) in [5, 5.41) is 10.8. The minimum Gasteiger partial charge on any atom is -0.457 e. The van der Waals surface area contributed by atoms with E-state index >= 15 is 0 Å². The molecular formula is C22H18ClN5O3. The van der Waals surface area contributed by atoms with E-state index in [-0.39, 0.29) is 5.56 Å². The molecule has 8 nitrogen and oxygen atoms in total. The highest BCUT2D eigenvalue weighted by atomic mass is 35.5. The summed E-state index contributed by atoms with van der Waals surface area (Å²) in [5.74, 6) is 1.93. The van der Waals surface area contributed by atoms with Crippen LogP contribution in [0.25, 0.3) is 0 Å². The molecule has 31 heavy (non-hydrogen) atoms. The van der Waals surface area contributed by atoms with Gasteiger partial charge in [0.1, 0.15) is 23.1 Å². The van der Waals surface area contributed by atoms with Crippen LogP contribution < -0.4 is 21.3 Å². The second-order valence-corrected chi connectivity index (χ2v) is 7.79. The number of rotatable bonds is 3. The van der Waals surface area contributed by atoms with Crippen molar-refractivity contribution in [3.8, 4) is 11.5 Å². The van der Waals surface area contributed by atoms with Gasteiger partial charge < -0.3 is 10.1 Å². The molecule has 0 amide bonds. The predicted molar refractivity (Wildman–Crippen MR) is 118 cm³/mol. The highest BCUT2D eigenvalue weighted by Crippen LogP contribution is 2.42. The summed E-state index contributed by atoms with van der Waals surface area (Å²) in [6.07, 6.45) is 1.69. The van der Waals surface area contributed by atoms with Crippen LogP contribution in [-0.4, -0.2) is 19.3 Å². The number of anilines is 2. The fourth-order valence-electron chi connectivity index (χ4n) is 3.91. The fourth-order valence-corrected chi connectivity index (χ4v) is 4.04. The number of nitrogens with zero attached hydrogens (tertiary/aromatic N) is 3. The Morgan fingerprint density at radius 2 is 1.81 bits per heavy atom. The topological polar surface area (TPSA) is 93.9 Å². The number of fused-ring (bicyclic) bond motifs is 2. The molecule has 1 aliphatic rings. The van der Waals surface area contributed by atoms with Gasteiger partial charge in [-0.15, -0.1) is 0 Å². The number of H-pyrrole nitrogens is 1. The molecule has 1 aliphatic heterocycles. The molecular weight excluding hydrogens is 418 g/mol. The van der Waals surface area contributed by atoms with Gasteiger partial charge >= 0.3 is 5.69 Å². The zero-order valence-electron chi connectivity index (χ0n) is 16.7. The van der Waals surface area contributed by atoms with Gasteiger partial charge in [-0.2, -0.15) is 5.10 Å². The molecule has 4 aromatic rings. The molecule has 156 valence electrons. The molecule has 9 heteroatoms. The number of hydrogen-bond acceptors (Lipinski definition) is 5. The Labute approximate surface area is 181 Å². The summed E-state index contributed by atoms with van der Waals surface area (Å²) in [7, 11) is 3.11. The van der Waals surface area contributed by atoms with Crippen LogP contribution in [0.15, 0.2) is 64.3 Å². The van der Waals surface area contributed by atoms with Crippen molar-refractivity contribution >= 4 is 23.2 Å². The Morgan fingerprint density at radius 1 is 1.03 bits per heavy atom. The quantitative estimate of drug-likeness (QED) is 0.452. The molecule has 3 heterocycles. The molecule has 5 rings (SSSR count). The summed E-state index contributed by atoms with van der Waals surface area (Å²) in [5.41, 5.74) is 1.37. The lowest BCUT2D eigenvalue weighted by Gasteiger charge is -2.28. The van der Waals surface area contributed by atoms with Gasteiger partial charge in [-0.25, -0.2) is 4.79 Å². The number of aromatic amines is 1. The normalized spacial score (nSPS) is 14.5.